The lowest BCUT2D eigenvalue weighted by atomic mass is 10.0. The fraction of sp³-hybridized carbons (Fsp3) is 0.0417. The van der Waals surface area contributed by atoms with Crippen LogP contribution < -0.4 is 0 Å². The minimum atomic E-state index is -0.495. The standard InChI is InChI=1S/C24H15Cl3FN3/c25-15-6-4-14(5-7-15)12-31-13-30-23(18-2-1-3-20(27)22(18)28)24(31)19-11-29-21-10-16(26)8-9-17(19)21/h1-11,13,29H,12H2. The molecule has 0 aliphatic carbocycles. The number of imidazole rings is 1. The van der Waals surface area contributed by atoms with Crippen LogP contribution in [0.3, 0.4) is 0 Å². The van der Waals surface area contributed by atoms with E-state index in [1.54, 1.807) is 18.5 Å². The van der Waals surface area contributed by atoms with Crippen molar-refractivity contribution in [1.82, 2.24) is 14.5 Å². The third-order valence-corrected chi connectivity index (χ3v) is 5.99. The first-order valence-electron chi connectivity index (χ1n) is 9.52. The molecule has 0 unspecified atom stereocenters. The molecule has 0 saturated heterocycles. The van der Waals surface area contributed by atoms with Gasteiger partial charge in [0.05, 0.1) is 22.7 Å². The third-order valence-electron chi connectivity index (χ3n) is 5.21. The molecule has 1 N–H and O–H groups in total. The smallest absolute Gasteiger partial charge is 0.151 e. The summed E-state index contributed by atoms with van der Waals surface area (Å²) < 4.78 is 16.9. The SMILES string of the molecule is Fc1c(Cl)cccc1-c1ncn(Cc2ccc(Cl)cc2)c1-c1c[nH]c2cc(Cl)ccc12. The molecule has 0 aliphatic rings. The Bertz CT molecular complexity index is 1400. The monoisotopic (exact) mass is 469 g/mol. The Balaban J connectivity index is 1.73. The number of hydrogen-bond donors (Lipinski definition) is 1. The van der Waals surface area contributed by atoms with Gasteiger partial charge in [-0.3, -0.25) is 0 Å². The molecule has 31 heavy (non-hydrogen) atoms. The van der Waals surface area contributed by atoms with Crippen LogP contribution in [0, 0.1) is 5.82 Å². The molecule has 2 heterocycles. The molecule has 2 aromatic heterocycles. The fourth-order valence-electron chi connectivity index (χ4n) is 3.75. The summed E-state index contributed by atoms with van der Waals surface area (Å²) in [5.74, 6) is -0.495. The van der Waals surface area contributed by atoms with Crippen LogP contribution in [0.25, 0.3) is 33.4 Å². The molecule has 0 amide bonds. The van der Waals surface area contributed by atoms with E-state index in [-0.39, 0.29) is 5.02 Å². The van der Waals surface area contributed by atoms with Crippen molar-refractivity contribution in [2.45, 2.75) is 6.54 Å². The number of nitrogens with zero attached hydrogens (tertiary/aromatic N) is 2. The van der Waals surface area contributed by atoms with Gasteiger partial charge < -0.3 is 9.55 Å². The second kappa shape index (κ2) is 8.04. The van der Waals surface area contributed by atoms with Gasteiger partial charge in [-0.1, -0.05) is 59.1 Å². The van der Waals surface area contributed by atoms with E-state index >= 15 is 0 Å². The van der Waals surface area contributed by atoms with E-state index in [0.29, 0.717) is 27.8 Å². The van der Waals surface area contributed by atoms with Gasteiger partial charge in [0.25, 0.3) is 0 Å². The van der Waals surface area contributed by atoms with E-state index in [1.807, 2.05) is 53.2 Å². The Morgan fingerprint density at radius 3 is 2.48 bits per heavy atom. The van der Waals surface area contributed by atoms with Crippen LogP contribution in [-0.4, -0.2) is 14.5 Å². The first kappa shape index (κ1) is 20.1. The highest BCUT2D eigenvalue weighted by molar-refractivity contribution is 6.31. The molecule has 0 atom stereocenters. The number of rotatable bonds is 4. The predicted molar refractivity (Wildman–Crippen MR) is 125 cm³/mol. The Labute approximate surface area is 193 Å². The molecule has 0 spiro atoms. The van der Waals surface area contributed by atoms with Gasteiger partial charge >= 0.3 is 0 Å². The predicted octanol–water partition coefficient (Wildman–Crippen LogP) is 7.85. The summed E-state index contributed by atoms with van der Waals surface area (Å²) in [6.45, 7) is 0.544. The molecular formula is C24H15Cl3FN3. The number of fused-ring (bicyclic) bond motifs is 1. The van der Waals surface area contributed by atoms with Crippen molar-refractivity contribution in [2.75, 3.05) is 0 Å². The number of aromatic amines is 1. The molecule has 3 nitrogen and oxygen atoms in total. The zero-order chi connectivity index (χ0) is 21.5. The van der Waals surface area contributed by atoms with E-state index in [2.05, 4.69) is 9.97 Å². The van der Waals surface area contributed by atoms with Gasteiger partial charge in [-0.05, 0) is 42.0 Å². The van der Waals surface area contributed by atoms with Gasteiger partial charge in [0.1, 0.15) is 0 Å². The molecule has 0 saturated carbocycles. The normalized spacial score (nSPS) is 11.4. The zero-order valence-electron chi connectivity index (χ0n) is 16.0. The zero-order valence-corrected chi connectivity index (χ0v) is 18.3. The van der Waals surface area contributed by atoms with Crippen molar-refractivity contribution in [2.24, 2.45) is 0 Å². The maximum absolute atomic E-state index is 14.9. The van der Waals surface area contributed by atoms with Gasteiger partial charge in [-0.2, -0.15) is 0 Å². The molecule has 5 aromatic rings. The van der Waals surface area contributed by atoms with Crippen LogP contribution in [0.5, 0.6) is 0 Å². The van der Waals surface area contributed by atoms with Crippen molar-refractivity contribution < 1.29 is 4.39 Å². The molecule has 7 heteroatoms. The molecule has 0 fully saturated rings. The highest BCUT2D eigenvalue weighted by atomic mass is 35.5. The van der Waals surface area contributed by atoms with Gasteiger partial charge in [-0.25, -0.2) is 9.37 Å². The maximum Gasteiger partial charge on any atom is 0.151 e. The summed E-state index contributed by atoms with van der Waals surface area (Å²) in [6.07, 6.45) is 3.61. The Morgan fingerprint density at radius 1 is 0.903 bits per heavy atom. The first-order chi connectivity index (χ1) is 15.0. The van der Waals surface area contributed by atoms with Crippen molar-refractivity contribution in [3.8, 4) is 22.5 Å². The number of nitrogens with one attached hydrogen (secondary N) is 1. The lowest BCUT2D eigenvalue weighted by Crippen LogP contribution is -2.01. The molecule has 0 aliphatic heterocycles. The van der Waals surface area contributed by atoms with Gasteiger partial charge in [0, 0.05) is 44.8 Å². The average Bonchev–Trinajstić information content (AvgIpc) is 3.35. The summed E-state index contributed by atoms with van der Waals surface area (Å²) in [4.78, 5) is 7.84. The first-order valence-corrected chi connectivity index (χ1v) is 10.7. The number of hydrogen-bond acceptors (Lipinski definition) is 1. The van der Waals surface area contributed by atoms with E-state index < -0.39 is 5.82 Å². The number of aromatic nitrogens is 3. The van der Waals surface area contributed by atoms with Crippen LogP contribution in [0.15, 0.2) is 73.2 Å². The van der Waals surface area contributed by atoms with Gasteiger partial charge in [0.2, 0.25) is 0 Å². The molecular weight excluding hydrogens is 456 g/mol. The van der Waals surface area contributed by atoms with E-state index in [4.69, 9.17) is 34.8 Å². The van der Waals surface area contributed by atoms with Crippen molar-refractivity contribution in [1.29, 1.82) is 0 Å². The Hall–Kier alpha value is -2.79. The Morgan fingerprint density at radius 2 is 1.68 bits per heavy atom. The molecule has 154 valence electrons. The lowest BCUT2D eigenvalue weighted by molar-refractivity contribution is 0.631. The summed E-state index contributed by atoms with van der Waals surface area (Å²) in [7, 11) is 0. The number of benzene rings is 3. The van der Waals surface area contributed by atoms with E-state index in [1.165, 1.54) is 6.07 Å². The molecule has 3 aromatic carbocycles. The number of H-pyrrole nitrogens is 1. The van der Waals surface area contributed by atoms with Crippen molar-refractivity contribution in [3.63, 3.8) is 0 Å². The third kappa shape index (κ3) is 3.72. The van der Waals surface area contributed by atoms with Crippen LogP contribution in [0.1, 0.15) is 5.56 Å². The summed E-state index contributed by atoms with van der Waals surface area (Å²) in [5, 5.41) is 2.33. The second-order valence-electron chi connectivity index (χ2n) is 7.19. The lowest BCUT2D eigenvalue weighted by Gasteiger charge is -2.11. The van der Waals surface area contributed by atoms with E-state index in [0.717, 1.165) is 27.7 Å². The minimum absolute atomic E-state index is 0.0569. The minimum Gasteiger partial charge on any atom is -0.360 e. The maximum atomic E-state index is 14.9. The topological polar surface area (TPSA) is 33.6 Å². The van der Waals surface area contributed by atoms with Crippen LogP contribution >= 0.6 is 34.8 Å². The van der Waals surface area contributed by atoms with Gasteiger partial charge in [-0.15, -0.1) is 0 Å². The molecule has 0 bridgehead atoms. The summed E-state index contributed by atoms with van der Waals surface area (Å²) in [5.41, 5.74) is 4.48. The van der Waals surface area contributed by atoms with E-state index in [9.17, 15) is 4.39 Å². The van der Waals surface area contributed by atoms with Gasteiger partial charge in [0.15, 0.2) is 5.82 Å². The van der Waals surface area contributed by atoms with Crippen LogP contribution in [-0.2, 0) is 6.54 Å². The van der Waals surface area contributed by atoms with Crippen molar-refractivity contribution in [3.05, 3.63) is 99.6 Å². The number of halogens is 4. The highest BCUT2D eigenvalue weighted by Gasteiger charge is 2.21. The largest absolute Gasteiger partial charge is 0.360 e. The van der Waals surface area contributed by atoms with Crippen molar-refractivity contribution >= 4 is 45.7 Å². The fourth-order valence-corrected chi connectivity index (χ4v) is 4.22. The average molecular weight is 471 g/mol. The van der Waals surface area contributed by atoms with Crippen LogP contribution in [0.4, 0.5) is 4.39 Å². The molecule has 0 radical (unpaired) electrons. The molecule has 5 rings (SSSR count). The summed E-state index contributed by atoms with van der Waals surface area (Å²) in [6, 6.07) is 18.2. The van der Waals surface area contributed by atoms with Crippen LogP contribution in [0.2, 0.25) is 15.1 Å². The quantitative estimate of drug-likeness (QED) is 0.285. The second-order valence-corrected chi connectivity index (χ2v) is 8.47. The highest BCUT2D eigenvalue weighted by Crippen LogP contribution is 2.38. The Kier molecular flexibility index (Phi) is 5.22. The summed E-state index contributed by atoms with van der Waals surface area (Å²) >= 11 is 18.3.